The number of nitrogens with one attached hydrogen (secondary N) is 1. The third-order valence-corrected chi connectivity index (χ3v) is 3.20. The molecule has 2 rings (SSSR count). The van der Waals surface area contributed by atoms with Crippen LogP contribution in [0.3, 0.4) is 0 Å². The number of aliphatic hydroxyl groups excluding tert-OH is 1. The fraction of sp³-hybridized carbons (Fsp3) is 0.727. The molecule has 0 saturated heterocycles. The number of nitrogens with zero attached hydrogens (tertiary/aromatic N) is 4. The summed E-state index contributed by atoms with van der Waals surface area (Å²) >= 11 is 5.87. The Morgan fingerprint density at radius 2 is 1.83 bits per heavy atom. The largest absolute Gasteiger partial charge is 0.393 e. The second-order valence-corrected chi connectivity index (χ2v) is 5.11. The number of rotatable bonds is 3. The highest BCUT2D eigenvalue weighted by atomic mass is 35.5. The number of hydrogen-bond acceptors (Lipinski definition) is 6. The van der Waals surface area contributed by atoms with E-state index < -0.39 is 0 Å². The number of halogens is 1. The standard InChI is InChI=1S/C11H18ClN5O/c1-17(2)11-15-9(12)14-10(16-11)13-7-3-5-8(18)6-4-7/h7-8,18H,3-6H2,1-2H3,(H,13,14,15,16). The third kappa shape index (κ3) is 3.43. The van der Waals surface area contributed by atoms with Crippen molar-refractivity contribution in [3.8, 4) is 0 Å². The van der Waals surface area contributed by atoms with Gasteiger partial charge in [-0.3, -0.25) is 0 Å². The van der Waals surface area contributed by atoms with Gasteiger partial charge >= 0.3 is 0 Å². The van der Waals surface area contributed by atoms with E-state index in [1.54, 1.807) is 4.90 Å². The van der Waals surface area contributed by atoms with E-state index in [9.17, 15) is 5.11 Å². The summed E-state index contributed by atoms with van der Waals surface area (Å²) < 4.78 is 0. The van der Waals surface area contributed by atoms with Gasteiger partial charge in [-0.2, -0.15) is 15.0 Å². The molecule has 1 aliphatic carbocycles. The molecule has 0 aliphatic heterocycles. The van der Waals surface area contributed by atoms with E-state index in [1.807, 2.05) is 14.1 Å². The minimum atomic E-state index is -0.165. The van der Waals surface area contributed by atoms with Crippen LogP contribution < -0.4 is 10.2 Å². The lowest BCUT2D eigenvalue weighted by Gasteiger charge is -2.26. The van der Waals surface area contributed by atoms with Gasteiger partial charge in [-0.05, 0) is 37.3 Å². The van der Waals surface area contributed by atoms with Gasteiger partial charge in [-0.1, -0.05) is 0 Å². The van der Waals surface area contributed by atoms with Crippen LogP contribution in [-0.2, 0) is 0 Å². The van der Waals surface area contributed by atoms with Crippen LogP contribution in [0.2, 0.25) is 5.28 Å². The van der Waals surface area contributed by atoms with Gasteiger partial charge in [-0.25, -0.2) is 0 Å². The first-order chi connectivity index (χ1) is 8.54. The van der Waals surface area contributed by atoms with Crippen LogP contribution in [0.5, 0.6) is 0 Å². The molecular formula is C11H18ClN5O. The van der Waals surface area contributed by atoms with Crippen LogP contribution in [0.1, 0.15) is 25.7 Å². The van der Waals surface area contributed by atoms with Gasteiger partial charge in [0.25, 0.3) is 0 Å². The Morgan fingerprint density at radius 3 is 2.44 bits per heavy atom. The van der Waals surface area contributed by atoms with Crippen LogP contribution in [-0.4, -0.2) is 46.3 Å². The van der Waals surface area contributed by atoms with Gasteiger partial charge in [0.15, 0.2) is 0 Å². The van der Waals surface area contributed by atoms with Crippen molar-refractivity contribution < 1.29 is 5.11 Å². The van der Waals surface area contributed by atoms with Gasteiger partial charge in [0.2, 0.25) is 17.2 Å². The van der Waals surface area contributed by atoms with Crippen molar-refractivity contribution in [1.29, 1.82) is 0 Å². The smallest absolute Gasteiger partial charge is 0.230 e. The van der Waals surface area contributed by atoms with Crippen LogP contribution in [0.4, 0.5) is 11.9 Å². The average molecular weight is 272 g/mol. The van der Waals surface area contributed by atoms with Crippen molar-refractivity contribution in [1.82, 2.24) is 15.0 Å². The highest BCUT2D eigenvalue weighted by Crippen LogP contribution is 2.21. The van der Waals surface area contributed by atoms with Crippen molar-refractivity contribution in [2.24, 2.45) is 0 Å². The van der Waals surface area contributed by atoms with E-state index in [1.165, 1.54) is 0 Å². The summed E-state index contributed by atoms with van der Waals surface area (Å²) in [7, 11) is 3.71. The molecule has 0 bridgehead atoms. The summed E-state index contributed by atoms with van der Waals surface area (Å²) in [4.78, 5) is 14.2. The number of aliphatic hydroxyl groups is 1. The van der Waals surface area contributed by atoms with Crippen LogP contribution in [0.15, 0.2) is 0 Å². The molecule has 100 valence electrons. The molecule has 0 aromatic carbocycles. The van der Waals surface area contributed by atoms with E-state index >= 15 is 0 Å². The second kappa shape index (κ2) is 5.67. The maximum absolute atomic E-state index is 9.46. The fourth-order valence-electron chi connectivity index (χ4n) is 2.01. The third-order valence-electron chi connectivity index (χ3n) is 3.03. The monoisotopic (exact) mass is 271 g/mol. The first-order valence-electron chi connectivity index (χ1n) is 6.08. The zero-order valence-electron chi connectivity index (χ0n) is 10.6. The number of anilines is 2. The molecule has 0 atom stereocenters. The normalized spacial score (nSPS) is 23.8. The minimum Gasteiger partial charge on any atom is -0.393 e. The molecule has 6 nitrogen and oxygen atoms in total. The Labute approximate surface area is 111 Å². The molecule has 1 saturated carbocycles. The lowest BCUT2D eigenvalue weighted by atomic mass is 9.93. The van der Waals surface area contributed by atoms with E-state index in [-0.39, 0.29) is 11.4 Å². The highest BCUT2D eigenvalue weighted by Gasteiger charge is 2.20. The van der Waals surface area contributed by atoms with Crippen molar-refractivity contribution in [2.45, 2.75) is 37.8 Å². The van der Waals surface area contributed by atoms with Gasteiger partial charge in [-0.15, -0.1) is 0 Å². The molecule has 0 amide bonds. The molecule has 0 unspecified atom stereocenters. The van der Waals surface area contributed by atoms with E-state index in [2.05, 4.69) is 20.3 Å². The Morgan fingerprint density at radius 1 is 1.17 bits per heavy atom. The number of aromatic nitrogens is 3. The maximum atomic E-state index is 9.46. The summed E-state index contributed by atoms with van der Waals surface area (Å²) in [6.07, 6.45) is 3.31. The molecule has 1 fully saturated rings. The SMILES string of the molecule is CN(C)c1nc(Cl)nc(NC2CCC(O)CC2)n1. The molecule has 1 aromatic rings. The summed E-state index contributed by atoms with van der Waals surface area (Å²) in [5, 5.41) is 12.9. The van der Waals surface area contributed by atoms with Gasteiger partial charge < -0.3 is 15.3 Å². The molecule has 1 aromatic heterocycles. The van der Waals surface area contributed by atoms with E-state index in [4.69, 9.17) is 11.6 Å². The van der Waals surface area contributed by atoms with Crippen molar-refractivity contribution >= 4 is 23.5 Å². The van der Waals surface area contributed by atoms with Crippen molar-refractivity contribution in [3.63, 3.8) is 0 Å². The number of hydrogen-bond donors (Lipinski definition) is 2. The first-order valence-corrected chi connectivity index (χ1v) is 6.46. The van der Waals surface area contributed by atoms with Crippen LogP contribution >= 0.6 is 11.6 Å². The molecule has 0 radical (unpaired) electrons. The summed E-state index contributed by atoms with van der Waals surface area (Å²) in [6, 6.07) is 0.293. The lowest BCUT2D eigenvalue weighted by Crippen LogP contribution is -2.29. The maximum Gasteiger partial charge on any atom is 0.230 e. The highest BCUT2D eigenvalue weighted by molar-refractivity contribution is 6.28. The Balaban J connectivity index is 2.04. The topological polar surface area (TPSA) is 74.2 Å². The van der Waals surface area contributed by atoms with E-state index in [0.29, 0.717) is 17.9 Å². The van der Waals surface area contributed by atoms with Gasteiger partial charge in [0, 0.05) is 20.1 Å². The average Bonchev–Trinajstić information content (AvgIpc) is 2.31. The lowest BCUT2D eigenvalue weighted by molar-refractivity contribution is 0.126. The molecule has 1 heterocycles. The predicted octanol–water partition coefficient (Wildman–Crippen LogP) is 1.31. The Kier molecular flexibility index (Phi) is 4.19. The molecular weight excluding hydrogens is 254 g/mol. The second-order valence-electron chi connectivity index (χ2n) is 4.77. The summed E-state index contributed by atoms with van der Waals surface area (Å²) in [5.41, 5.74) is 0. The first kappa shape index (κ1) is 13.3. The van der Waals surface area contributed by atoms with Gasteiger partial charge in [0.1, 0.15) is 0 Å². The zero-order valence-corrected chi connectivity index (χ0v) is 11.4. The molecule has 7 heteroatoms. The Bertz CT molecular complexity index is 406. The minimum absolute atomic E-state index is 0.165. The fourth-order valence-corrected chi connectivity index (χ4v) is 2.16. The van der Waals surface area contributed by atoms with Crippen LogP contribution in [0, 0.1) is 0 Å². The summed E-state index contributed by atoms with van der Waals surface area (Å²) in [6.45, 7) is 0. The molecule has 18 heavy (non-hydrogen) atoms. The van der Waals surface area contributed by atoms with Crippen LogP contribution in [0.25, 0.3) is 0 Å². The predicted molar refractivity (Wildman–Crippen MR) is 71.0 cm³/mol. The zero-order chi connectivity index (χ0) is 13.1. The van der Waals surface area contributed by atoms with Gasteiger partial charge in [0.05, 0.1) is 6.10 Å². The molecule has 1 aliphatic rings. The quantitative estimate of drug-likeness (QED) is 0.863. The summed E-state index contributed by atoms with van der Waals surface area (Å²) in [5.74, 6) is 1.04. The Hall–Kier alpha value is -1.14. The molecule has 2 N–H and O–H groups in total. The van der Waals surface area contributed by atoms with Crippen molar-refractivity contribution in [2.75, 3.05) is 24.3 Å². The molecule has 0 spiro atoms. The van der Waals surface area contributed by atoms with E-state index in [0.717, 1.165) is 25.7 Å². The van der Waals surface area contributed by atoms with Crippen molar-refractivity contribution in [3.05, 3.63) is 5.28 Å².